The van der Waals surface area contributed by atoms with Gasteiger partial charge >= 0.3 is 5.97 Å². The van der Waals surface area contributed by atoms with Gasteiger partial charge in [0.1, 0.15) is 5.75 Å². The van der Waals surface area contributed by atoms with Crippen molar-refractivity contribution in [3.05, 3.63) is 64.2 Å². The molecule has 4 heteroatoms. The number of halogens is 1. The van der Waals surface area contributed by atoms with Crippen molar-refractivity contribution in [1.82, 2.24) is 0 Å². The molecule has 24 heavy (non-hydrogen) atoms. The van der Waals surface area contributed by atoms with E-state index < -0.39 is 12.1 Å². The molecule has 0 aliphatic rings. The first-order valence-electron chi connectivity index (χ1n) is 7.92. The van der Waals surface area contributed by atoms with E-state index in [-0.39, 0.29) is 11.8 Å². The summed E-state index contributed by atoms with van der Waals surface area (Å²) in [5.41, 5.74) is 3.02. The van der Waals surface area contributed by atoms with Crippen LogP contribution in [0.2, 0.25) is 5.02 Å². The Morgan fingerprint density at radius 3 is 2.29 bits per heavy atom. The molecule has 1 N–H and O–H groups in total. The third-order valence-electron chi connectivity index (χ3n) is 3.93. The van der Waals surface area contributed by atoms with Gasteiger partial charge in [0, 0.05) is 11.4 Å². The molecular formula is C20H23ClO3. The predicted molar refractivity (Wildman–Crippen MR) is 97.1 cm³/mol. The van der Waals surface area contributed by atoms with Crippen LogP contribution < -0.4 is 4.74 Å². The van der Waals surface area contributed by atoms with E-state index in [4.69, 9.17) is 16.3 Å². The van der Waals surface area contributed by atoms with Crippen LogP contribution >= 0.6 is 11.6 Å². The Morgan fingerprint density at radius 2 is 1.79 bits per heavy atom. The third kappa shape index (κ3) is 4.75. The zero-order valence-electron chi connectivity index (χ0n) is 14.5. The fourth-order valence-electron chi connectivity index (χ4n) is 2.35. The Balaban J connectivity index is 2.13. The molecule has 0 aliphatic carbocycles. The smallest absolute Gasteiger partial charge is 0.345 e. The monoisotopic (exact) mass is 346 g/mol. The first-order chi connectivity index (χ1) is 11.2. The molecule has 0 saturated carbocycles. The maximum atomic E-state index is 11.5. The quantitative estimate of drug-likeness (QED) is 0.826. The van der Waals surface area contributed by atoms with Crippen molar-refractivity contribution in [1.29, 1.82) is 0 Å². The molecule has 0 aliphatic heterocycles. The molecule has 0 aromatic heterocycles. The van der Waals surface area contributed by atoms with E-state index in [0.717, 1.165) is 11.1 Å². The topological polar surface area (TPSA) is 46.5 Å². The van der Waals surface area contributed by atoms with Gasteiger partial charge in [-0.2, -0.15) is 0 Å². The molecule has 2 aromatic rings. The number of aryl methyl sites for hydroxylation is 1. The van der Waals surface area contributed by atoms with Gasteiger partial charge in [-0.3, -0.25) is 0 Å². The summed E-state index contributed by atoms with van der Waals surface area (Å²) in [7, 11) is 0. The maximum absolute atomic E-state index is 11.5. The maximum Gasteiger partial charge on any atom is 0.345 e. The Hall–Kier alpha value is -2.00. The van der Waals surface area contributed by atoms with Crippen molar-refractivity contribution in [2.45, 2.75) is 45.6 Å². The molecular weight excluding hydrogens is 324 g/mol. The molecule has 0 saturated heterocycles. The SMILES string of the molecule is Cc1ccc(C[C@@H](Oc2ccc(C(C)(C)C)cc2)C(=O)O)cc1Cl. The summed E-state index contributed by atoms with van der Waals surface area (Å²) in [5.74, 6) is -0.444. The van der Waals surface area contributed by atoms with Crippen LogP contribution in [0.15, 0.2) is 42.5 Å². The number of hydrogen-bond donors (Lipinski definition) is 1. The largest absolute Gasteiger partial charge is 0.478 e. The Morgan fingerprint density at radius 1 is 1.17 bits per heavy atom. The highest BCUT2D eigenvalue weighted by Crippen LogP contribution is 2.25. The van der Waals surface area contributed by atoms with Crippen molar-refractivity contribution < 1.29 is 14.6 Å². The molecule has 0 fully saturated rings. The van der Waals surface area contributed by atoms with Gasteiger partial charge in [-0.25, -0.2) is 4.79 Å². The average molecular weight is 347 g/mol. The minimum atomic E-state index is -0.994. The third-order valence-corrected chi connectivity index (χ3v) is 4.34. The van der Waals surface area contributed by atoms with Crippen LogP contribution in [0.5, 0.6) is 5.75 Å². The summed E-state index contributed by atoms with van der Waals surface area (Å²) in [6.45, 7) is 8.30. The van der Waals surface area contributed by atoms with Crippen molar-refractivity contribution in [2.75, 3.05) is 0 Å². The van der Waals surface area contributed by atoms with Crippen LogP contribution in [0.3, 0.4) is 0 Å². The number of rotatable bonds is 5. The van der Waals surface area contributed by atoms with E-state index in [9.17, 15) is 9.90 Å². The summed E-state index contributed by atoms with van der Waals surface area (Å²) in [6, 6.07) is 13.1. The van der Waals surface area contributed by atoms with Gasteiger partial charge in [0.25, 0.3) is 0 Å². The van der Waals surface area contributed by atoms with E-state index in [0.29, 0.717) is 10.8 Å². The standard InChI is InChI=1S/C20H23ClO3/c1-13-5-6-14(11-17(13)21)12-18(19(22)23)24-16-9-7-15(8-10-16)20(2,3)4/h5-11,18H,12H2,1-4H3,(H,22,23)/t18-/m1/s1. The number of carbonyl (C=O) groups is 1. The lowest BCUT2D eigenvalue weighted by atomic mass is 9.87. The second kappa shape index (κ2) is 7.27. The molecule has 0 bridgehead atoms. The van der Waals surface area contributed by atoms with Crippen molar-refractivity contribution >= 4 is 17.6 Å². The molecule has 128 valence electrons. The Bertz CT molecular complexity index is 715. The molecule has 0 amide bonds. The van der Waals surface area contributed by atoms with Gasteiger partial charge in [0.2, 0.25) is 0 Å². The molecule has 3 nitrogen and oxygen atoms in total. The molecule has 0 unspecified atom stereocenters. The van der Waals surface area contributed by atoms with Crippen molar-refractivity contribution in [3.63, 3.8) is 0 Å². The van der Waals surface area contributed by atoms with E-state index in [1.54, 1.807) is 6.07 Å². The van der Waals surface area contributed by atoms with E-state index in [1.807, 2.05) is 43.3 Å². The van der Waals surface area contributed by atoms with Gasteiger partial charge in [-0.1, -0.05) is 56.6 Å². The summed E-state index contributed by atoms with van der Waals surface area (Å²) in [6.07, 6.45) is -0.694. The van der Waals surface area contributed by atoms with Crippen LogP contribution in [0.4, 0.5) is 0 Å². The minimum absolute atomic E-state index is 0.0450. The van der Waals surface area contributed by atoms with Crippen molar-refractivity contribution in [2.24, 2.45) is 0 Å². The van der Waals surface area contributed by atoms with E-state index in [1.165, 1.54) is 5.56 Å². The molecule has 0 spiro atoms. The van der Waals surface area contributed by atoms with Crippen LogP contribution in [0.1, 0.15) is 37.5 Å². The highest BCUT2D eigenvalue weighted by molar-refractivity contribution is 6.31. The number of aliphatic carboxylic acids is 1. The number of carboxylic acid groups (broad SMARTS) is 1. The second-order valence-corrected chi connectivity index (χ2v) is 7.41. The summed E-state index contributed by atoms with van der Waals surface area (Å²) >= 11 is 6.11. The van der Waals surface area contributed by atoms with Gasteiger partial charge in [-0.05, 0) is 47.2 Å². The van der Waals surface area contributed by atoms with E-state index >= 15 is 0 Å². The van der Waals surface area contributed by atoms with Crippen LogP contribution in [-0.2, 0) is 16.6 Å². The van der Waals surface area contributed by atoms with Gasteiger partial charge in [0.15, 0.2) is 6.10 Å². The highest BCUT2D eigenvalue weighted by atomic mass is 35.5. The molecule has 0 radical (unpaired) electrons. The van der Waals surface area contributed by atoms with Crippen LogP contribution in [0, 0.1) is 6.92 Å². The Kier molecular flexibility index (Phi) is 5.55. The van der Waals surface area contributed by atoms with Gasteiger partial charge in [0.05, 0.1) is 0 Å². The first-order valence-corrected chi connectivity index (χ1v) is 8.29. The summed E-state index contributed by atoms with van der Waals surface area (Å²) < 4.78 is 5.67. The zero-order chi connectivity index (χ0) is 17.9. The second-order valence-electron chi connectivity index (χ2n) is 7.01. The Labute approximate surface area is 148 Å². The molecule has 1 atom stereocenters. The van der Waals surface area contributed by atoms with Crippen LogP contribution in [0.25, 0.3) is 0 Å². The van der Waals surface area contributed by atoms with E-state index in [2.05, 4.69) is 20.8 Å². The lowest BCUT2D eigenvalue weighted by Gasteiger charge is -2.20. The fraction of sp³-hybridized carbons (Fsp3) is 0.350. The fourth-order valence-corrected chi connectivity index (χ4v) is 2.56. The summed E-state index contributed by atoms with van der Waals surface area (Å²) in [4.78, 5) is 11.5. The predicted octanol–water partition coefficient (Wildman–Crippen LogP) is 5.02. The lowest BCUT2D eigenvalue weighted by Crippen LogP contribution is -2.29. The molecule has 2 aromatic carbocycles. The average Bonchev–Trinajstić information content (AvgIpc) is 2.50. The number of benzene rings is 2. The zero-order valence-corrected chi connectivity index (χ0v) is 15.2. The molecule has 0 heterocycles. The first kappa shape index (κ1) is 18.3. The van der Waals surface area contributed by atoms with Crippen LogP contribution in [-0.4, -0.2) is 17.2 Å². The highest BCUT2D eigenvalue weighted by Gasteiger charge is 2.21. The lowest BCUT2D eigenvalue weighted by molar-refractivity contribution is -0.145. The normalized spacial score (nSPS) is 12.7. The minimum Gasteiger partial charge on any atom is -0.478 e. The van der Waals surface area contributed by atoms with Gasteiger partial charge in [-0.15, -0.1) is 0 Å². The number of carboxylic acids is 1. The number of ether oxygens (including phenoxy) is 1. The van der Waals surface area contributed by atoms with Crippen molar-refractivity contribution in [3.8, 4) is 5.75 Å². The molecule has 2 rings (SSSR count). The number of hydrogen-bond acceptors (Lipinski definition) is 2. The van der Waals surface area contributed by atoms with Gasteiger partial charge < -0.3 is 9.84 Å². The summed E-state index contributed by atoms with van der Waals surface area (Å²) in [5, 5.41) is 10.1.